The molecule has 6 N–H and O–H groups in total. The molecule has 1 atom stereocenters. The minimum atomic E-state index is -0.739. The smallest absolute Gasteiger partial charge is 0.0927 e. The lowest BCUT2D eigenvalue weighted by Crippen LogP contribution is -2.58. The van der Waals surface area contributed by atoms with Crippen molar-refractivity contribution in [2.45, 2.75) is 33.4 Å². The van der Waals surface area contributed by atoms with Crippen LogP contribution in [0, 0.1) is 5.92 Å². The zero-order valence-corrected chi connectivity index (χ0v) is 8.81. The van der Waals surface area contributed by atoms with Crippen LogP contribution in [0.5, 0.6) is 0 Å². The zero-order valence-electron chi connectivity index (χ0n) is 8.81. The van der Waals surface area contributed by atoms with Gasteiger partial charge in [-0.25, -0.2) is 0 Å². The van der Waals surface area contributed by atoms with Crippen molar-refractivity contribution in [3.63, 3.8) is 0 Å². The standard InChI is InChI=1S/C10H19N3/c1-5-7(3)10(12,13)8(4)6(2)9(5)11/h7H,11-13H2,1-4H3. The van der Waals surface area contributed by atoms with Crippen molar-refractivity contribution in [2.24, 2.45) is 23.1 Å². The van der Waals surface area contributed by atoms with Crippen molar-refractivity contribution in [3.05, 3.63) is 22.4 Å². The van der Waals surface area contributed by atoms with Gasteiger partial charge in [0.1, 0.15) is 0 Å². The highest BCUT2D eigenvalue weighted by Gasteiger charge is 2.36. The molecule has 0 spiro atoms. The first-order valence-corrected chi connectivity index (χ1v) is 4.52. The van der Waals surface area contributed by atoms with Crippen molar-refractivity contribution in [3.8, 4) is 0 Å². The zero-order chi connectivity index (χ0) is 10.4. The average molecular weight is 181 g/mol. The molecule has 1 rings (SSSR count). The maximum Gasteiger partial charge on any atom is 0.0927 e. The summed E-state index contributed by atoms with van der Waals surface area (Å²) in [5, 5.41) is 0. The molecule has 0 fully saturated rings. The van der Waals surface area contributed by atoms with Crippen LogP contribution in [0.15, 0.2) is 22.4 Å². The molecule has 3 heteroatoms. The molecule has 0 aromatic heterocycles. The molecule has 3 nitrogen and oxygen atoms in total. The minimum absolute atomic E-state index is 0.108. The summed E-state index contributed by atoms with van der Waals surface area (Å²) in [6.07, 6.45) is 0. The van der Waals surface area contributed by atoms with E-state index in [1.807, 2.05) is 27.7 Å². The van der Waals surface area contributed by atoms with Gasteiger partial charge in [-0.3, -0.25) is 0 Å². The van der Waals surface area contributed by atoms with Gasteiger partial charge in [-0.1, -0.05) is 6.92 Å². The second-order valence-corrected chi connectivity index (χ2v) is 4.00. The van der Waals surface area contributed by atoms with E-state index in [4.69, 9.17) is 17.2 Å². The second kappa shape index (κ2) is 2.86. The molecule has 0 aromatic rings. The Labute approximate surface area is 79.7 Å². The van der Waals surface area contributed by atoms with Gasteiger partial charge >= 0.3 is 0 Å². The van der Waals surface area contributed by atoms with Gasteiger partial charge in [-0.2, -0.15) is 0 Å². The van der Waals surface area contributed by atoms with E-state index in [2.05, 4.69) is 0 Å². The van der Waals surface area contributed by atoms with E-state index in [0.29, 0.717) is 0 Å². The van der Waals surface area contributed by atoms with Crippen molar-refractivity contribution in [1.29, 1.82) is 0 Å². The third-order valence-corrected chi connectivity index (χ3v) is 3.41. The number of hydrogen-bond acceptors (Lipinski definition) is 3. The Morgan fingerprint density at radius 2 is 1.62 bits per heavy atom. The predicted molar refractivity (Wildman–Crippen MR) is 55.5 cm³/mol. The normalized spacial score (nSPS) is 28.3. The van der Waals surface area contributed by atoms with Crippen molar-refractivity contribution in [2.75, 3.05) is 0 Å². The van der Waals surface area contributed by atoms with Crippen LogP contribution in [-0.2, 0) is 0 Å². The number of nitrogens with two attached hydrogens (primary N) is 3. The van der Waals surface area contributed by atoms with Crippen molar-refractivity contribution < 1.29 is 0 Å². The summed E-state index contributed by atoms with van der Waals surface area (Å²) in [5.74, 6) is 0.108. The SMILES string of the molecule is CC1=C(C)C(N)(N)C(C)C(C)=C1N. The monoisotopic (exact) mass is 181 g/mol. The molecule has 13 heavy (non-hydrogen) atoms. The second-order valence-electron chi connectivity index (χ2n) is 4.00. The van der Waals surface area contributed by atoms with Gasteiger partial charge in [0.25, 0.3) is 0 Å². The van der Waals surface area contributed by atoms with Gasteiger partial charge in [0.2, 0.25) is 0 Å². The predicted octanol–water partition coefficient (Wildman–Crippen LogP) is 0.819. The molecule has 74 valence electrons. The lowest BCUT2D eigenvalue weighted by molar-refractivity contribution is 0.381. The van der Waals surface area contributed by atoms with Crippen molar-refractivity contribution in [1.82, 2.24) is 0 Å². The molecule has 0 aliphatic heterocycles. The molecule has 0 aromatic carbocycles. The van der Waals surface area contributed by atoms with Gasteiger partial charge in [0.15, 0.2) is 0 Å². The lowest BCUT2D eigenvalue weighted by Gasteiger charge is -2.39. The molecule has 0 heterocycles. The Balaban J connectivity index is 3.32. The van der Waals surface area contributed by atoms with E-state index in [0.717, 1.165) is 22.4 Å². The molecule has 0 bridgehead atoms. The fourth-order valence-electron chi connectivity index (χ4n) is 1.74. The molecule has 1 aliphatic carbocycles. The summed E-state index contributed by atoms with van der Waals surface area (Å²) < 4.78 is 0. The summed E-state index contributed by atoms with van der Waals surface area (Å²) in [6.45, 7) is 7.92. The maximum atomic E-state index is 6.04. The van der Waals surface area contributed by atoms with Crippen LogP contribution in [0.1, 0.15) is 27.7 Å². The third kappa shape index (κ3) is 1.28. The van der Waals surface area contributed by atoms with E-state index < -0.39 is 5.66 Å². The van der Waals surface area contributed by atoms with Crippen LogP contribution in [0.25, 0.3) is 0 Å². The minimum Gasteiger partial charge on any atom is -0.399 e. The molecule has 0 amide bonds. The average Bonchev–Trinajstić information content (AvgIpc) is 2.09. The molecule has 0 saturated carbocycles. The maximum absolute atomic E-state index is 6.04. The van der Waals surface area contributed by atoms with Gasteiger partial charge < -0.3 is 17.2 Å². The van der Waals surface area contributed by atoms with E-state index in [9.17, 15) is 0 Å². The molecule has 0 saturated heterocycles. The number of allylic oxidation sites excluding steroid dienone is 1. The summed E-state index contributed by atoms with van der Waals surface area (Å²) in [4.78, 5) is 0. The topological polar surface area (TPSA) is 78.1 Å². The van der Waals surface area contributed by atoms with E-state index >= 15 is 0 Å². The highest BCUT2D eigenvalue weighted by molar-refractivity contribution is 5.44. The van der Waals surface area contributed by atoms with Crippen molar-refractivity contribution >= 4 is 0 Å². The fourth-order valence-corrected chi connectivity index (χ4v) is 1.74. The van der Waals surface area contributed by atoms with Gasteiger partial charge in [-0.05, 0) is 37.5 Å². The van der Waals surface area contributed by atoms with Crippen LogP contribution >= 0.6 is 0 Å². The Hall–Kier alpha value is -0.800. The van der Waals surface area contributed by atoms with Gasteiger partial charge in [0.05, 0.1) is 5.66 Å². The lowest BCUT2D eigenvalue weighted by atomic mass is 9.76. The van der Waals surface area contributed by atoms with Gasteiger partial charge in [0, 0.05) is 11.6 Å². The Kier molecular flexibility index (Phi) is 2.26. The molecular formula is C10H19N3. The molecule has 0 radical (unpaired) electrons. The van der Waals surface area contributed by atoms with Gasteiger partial charge in [-0.15, -0.1) is 0 Å². The Bertz CT molecular complexity index is 297. The summed E-state index contributed by atoms with van der Waals surface area (Å²) in [5.41, 5.74) is 21.2. The highest BCUT2D eigenvalue weighted by atomic mass is 15.0. The first-order valence-electron chi connectivity index (χ1n) is 4.52. The fraction of sp³-hybridized carbons (Fsp3) is 0.600. The number of hydrogen-bond donors (Lipinski definition) is 3. The third-order valence-electron chi connectivity index (χ3n) is 3.41. The Morgan fingerprint density at radius 1 is 1.15 bits per heavy atom. The summed E-state index contributed by atoms with van der Waals surface area (Å²) in [7, 11) is 0. The Morgan fingerprint density at radius 3 is 2.08 bits per heavy atom. The van der Waals surface area contributed by atoms with Crippen LogP contribution in [0.3, 0.4) is 0 Å². The molecule has 1 unspecified atom stereocenters. The summed E-state index contributed by atoms with van der Waals surface area (Å²) in [6, 6.07) is 0. The number of rotatable bonds is 0. The van der Waals surface area contributed by atoms with Crippen LogP contribution < -0.4 is 17.2 Å². The summed E-state index contributed by atoms with van der Waals surface area (Å²) >= 11 is 0. The van der Waals surface area contributed by atoms with E-state index in [1.165, 1.54) is 0 Å². The molecular weight excluding hydrogens is 162 g/mol. The van der Waals surface area contributed by atoms with Crippen LogP contribution in [0.2, 0.25) is 0 Å². The quantitative estimate of drug-likeness (QED) is 0.484. The van der Waals surface area contributed by atoms with E-state index in [-0.39, 0.29) is 5.92 Å². The van der Waals surface area contributed by atoms with E-state index in [1.54, 1.807) is 0 Å². The first kappa shape index (κ1) is 10.3. The first-order chi connectivity index (χ1) is 5.80. The van der Waals surface area contributed by atoms with Crippen LogP contribution in [0.4, 0.5) is 0 Å². The largest absolute Gasteiger partial charge is 0.399 e. The molecule has 1 aliphatic rings. The highest BCUT2D eigenvalue weighted by Crippen LogP contribution is 2.34. The van der Waals surface area contributed by atoms with Crippen LogP contribution in [-0.4, -0.2) is 5.66 Å².